The van der Waals surface area contributed by atoms with Crippen LogP contribution in [-0.2, 0) is 6.54 Å². The molecular formula is C23H21ClN4O3. The summed E-state index contributed by atoms with van der Waals surface area (Å²) >= 11 is 6.19. The summed E-state index contributed by atoms with van der Waals surface area (Å²) in [7, 11) is 0. The van der Waals surface area contributed by atoms with Gasteiger partial charge in [-0.3, -0.25) is 4.79 Å². The Labute approximate surface area is 184 Å². The van der Waals surface area contributed by atoms with Gasteiger partial charge in [0.15, 0.2) is 0 Å². The number of halogens is 1. The van der Waals surface area contributed by atoms with E-state index in [1.165, 1.54) is 10.7 Å². The number of aromatic nitrogens is 4. The van der Waals surface area contributed by atoms with Gasteiger partial charge >= 0.3 is 0 Å². The van der Waals surface area contributed by atoms with Crippen LogP contribution in [0.1, 0.15) is 25.7 Å². The van der Waals surface area contributed by atoms with Gasteiger partial charge in [0, 0.05) is 17.2 Å². The zero-order valence-electron chi connectivity index (χ0n) is 17.0. The minimum Gasteiger partial charge on any atom is -0.494 e. The third kappa shape index (κ3) is 5.00. The summed E-state index contributed by atoms with van der Waals surface area (Å²) in [5, 5.41) is 8.94. The van der Waals surface area contributed by atoms with Crippen molar-refractivity contribution in [2.24, 2.45) is 0 Å². The van der Waals surface area contributed by atoms with Crippen LogP contribution in [0.2, 0.25) is 5.02 Å². The van der Waals surface area contributed by atoms with Crippen molar-refractivity contribution < 1.29 is 9.26 Å². The predicted molar refractivity (Wildman–Crippen MR) is 118 cm³/mol. The molecule has 0 amide bonds. The molecule has 0 fully saturated rings. The Morgan fingerprint density at radius 3 is 2.65 bits per heavy atom. The van der Waals surface area contributed by atoms with E-state index in [2.05, 4.69) is 22.2 Å². The van der Waals surface area contributed by atoms with Crippen LogP contribution in [0.25, 0.3) is 22.6 Å². The molecule has 0 aliphatic rings. The van der Waals surface area contributed by atoms with Gasteiger partial charge in [-0.25, -0.2) is 4.68 Å². The molecule has 0 atom stereocenters. The summed E-state index contributed by atoms with van der Waals surface area (Å²) in [5.41, 5.74) is 1.93. The van der Waals surface area contributed by atoms with E-state index in [4.69, 9.17) is 20.9 Å². The summed E-state index contributed by atoms with van der Waals surface area (Å²) in [6, 6.07) is 18.0. The maximum Gasteiger partial charge on any atom is 0.267 e. The summed E-state index contributed by atoms with van der Waals surface area (Å²) < 4.78 is 12.3. The van der Waals surface area contributed by atoms with Crippen molar-refractivity contribution in [3.63, 3.8) is 0 Å². The lowest BCUT2D eigenvalue weighted by Crippen LogP contribution is -2.23. The molecular weight excluding hydrogens is 416 g/mol. The van der Waals surface area contributed by atoms with Crippen molar-refractivity contribution in [1.82, 2.24) is 19.9 Å². The van der Waals surface area contributed by atoms with E-state index >= 15 is 0 Å². The Balaban J connectivity index is 1.52. The fraction of sp³-hybridized carbons (Fsp3) is 0.217. The minimum absolute atomic E-state index is 0.0579. The molecule has 158 valence electrons. The second-order valence-corrected chi connectivity index (χ2v) is 7.34. The van der Waals surface area contributed by atoms with Crippen molar-refractivity contribution in [1.29, 1.82) is 0 Å². The molecule has 7 nitrogen and oxygen atoms in total. The number of hydrogen-bond acceptors (Lipinski definition) is 6. The lowest BCUT2D eigenvalue weighted by Gasteiger charge is -2.07. The molecule has 2 heterocycles. The molecule has 0 aliphatic heterocycles. The highest BCUT2D eigenvalue weighted by Gasteiger charge is 2.13. The number of rotatable bonds is 8. The normalized spacial score (nSPS) is 10.9. The van der Waals surface area contributed by atoms with E-state index in [1.54, 1.807) is 18.2 Å². The SMILES string of the molecule is CCCCOc1ccc(-c2ccc(=O)n(Cc3nc(-c4ccccc4Cl)no3)n2)cc1. The van der Waals surface area contributed by atoms with Gasteiger partial charge in [0.1, 0.15) is 12.3 Å². The van der Waals surface area contributed by atoms with E-state index in [9.17, 15) is 4.79 Å². The first kappa shape index (κ1) is 20.8. The topological polar surface area (TPSA) is 83.0 Å². The molecule has 0 aliphatic carbocycles. The zero-order valence-corrected chi connectivity index (χ0v) is 17.7. The Hall–Kier alpha value is -3.45. The van der Waals surface area contributed by atoms with E-state index in [-0.39, 0.29) is 18.0 Å². The molecule has 2 aromatic carbocycles. The van der Waals surface area contributed by atoms with Crippen LogP contribution in [0.4, 0.5) is 0 Å². The van der Waals surface area contributed by atoms with E-state index in [1.807, 2.05) is 36.4 Å². The van der Waals surface area contributed by atoms with Crippen LogP contribution in [0.15, 0.2) is 70.0 Å². The van der Waals surface area contributed by atoms with Gasteiger partial charge in [0.25, 0.3) is 5.56 Å². The van der Waals surface area contributed by atoms with Crippen molar-refractivity contribution in [2.45, 2.75) is 26.3 Å². The fourth-order valence-corrected chi connectivity index (χ4v) is 3.19. The Bertz CT molecular complexity index is 1220. The first-order chi connectivity index (χ1) is 15.1. The average Bonchev–Trinajstić information content (AvgIpc) is 3.25. The molecule has 4 aromatic rings. The van der Waals surface area contributed by atoms with Crippen molar-refractivity contribution >= 4 is 11.6 Å². The monoisotopic (exact) mass is 436 g/mol. The highest BCUT2D eigenvalue weighted by molar-refractivity contribution is 6.33. The van der Waals surface area contributed by atoms with Gasteiger partial charge < -0.3 is 9.26 Å². The number of unbranched alkanes of at least 4 members (excludes halogenated alkanes) is 1. The van der Waals surface area contributed by atoms with Crippen LogP contribution in [0, 0.1) is 0 Å². The number of hydrogen-bond donors (Lipinski definition) is 0. The second-order valence-electron chi connectivity index (χ2n) is 6.93. The molecule has 0 spiro atoms. The first-order valence-electron chi connectivity index (χ1n) is 10.0. The fourth-order valence-electron chi connectivity index (χ4n) is 2.97. The van der Waals surface area contributed by atoms with E-state index in [0.29, 0.717) is 28.7 Å². The average molecular weight is 437 g/mol. The zero-order chi connectivity index (χ0) is 21.6. The van der Waals surface area contributed by atoms with Crippen molar-refractivity contribution in [2.75, 3.05) is 6.61 Å². The third-order valence-corrected chi connectivity index (χ3v) is 4.98. The van der Waals surface area contributed by atoms with Crippen molar-refractivity contribution in [3.8, 4) is 28.4 Å². The van der Waals surface area contributed by atoms with E-state index in [0.717, 1.165) is 24.2 Å². The Morgan fingerprint density at radius 1 is 1.06 bits per heavy atom. The molecule has 0 saturated heterocycles. The lowest BCUT2D eigenvalue weighted by atomic mass is 10.1. The smallest absolute Gasteiger partial charge is 0.267 e. The van der Waals surface area contributed by atoms with Crippen LogP contribution in [0.3, 0.4) is 0 Å². The van der Waals surface area contributed by atoms with Gasteiger partial charge in [0.2, 0.25) is 11.7 Å². The summed E-state index contributed by atoms with van der Waals surface area (Å²) in [5.74, 6) is 1.44. The highest BCUT2D eigenvalue weighted by atomic mass is 35.5. The standard InChI is InChI=1S/C23H21ClN4O3/c1-2-3-14-30-17-10-8-16(9-11-17)20-12-13-22(29)28(26-20)15-21-25-23(27-31-21)18-6-4-5-7-19(18)24/h4-13H,2-3,14-15H2,1H3. The summed E-state index contributed by atoms with van der Waals surface area (Å²) in [6.07, 6.45) is 2.10. The van der Waals surface area contributed by atoms with Crippen molar-refractivity contribution in [3.05, 3.63) is 81.9 Å². The van der Waals surface area contributed by atoms with Gasteiger partial charge in [-0.2, -0.15) is 10.1 Å². The maximum absolute atomic E-state index is 12.3. The minimum atomic E-state index is -0.263. The second kappa shape index (κ2) is 9.57. The summed E-state index contributed by atoms with van der Waals surface area (Å²) in [6.45, 7) is 2.88. The molecule has 0 saturated carbocycles. The third-order valence-electron chi connectivity index (χ3n) is 4.65. The molecule has 0 bridgehead atoms. The van der Waals surface area contributed by atoms with Gasteiger partial charge in [0.05, 0.1) is 17.3 Å². The molecule has 31 heavy (non-hydrogen) atoms. The number of ether oxygens (including phenoxy) is 1. The highest BCUT2D eigenvalue weighted by Crippen LogP contribution is 2.25. The molecule has 0 N–H and O–H groups in total. The maximum atomic E-state index is 12.3. The van der Waals surface area contributed by atoms with Gasteiger partial charge in [-0.15, -0.1) is 0 Å². The Morgan fingerprint density at radius 2 is 1.87 bits per heavy atom. The Kier molecular flexibility index (Phi) is 6.43. The lowest BCUT2D eigenvalue weighted by molar-refractivity contribution is 0.309. The molecule has 8 heteroatoms. The van der Waals surface area contributed by atoms with Gasteiger partial charge in [-0.1, -0.05) is 42.2 Å². The van der Waals surface area contributed by atoms with Crippen LogP contribution < -0.4 is 10.3 Å². The first-order valence-corrected chi connectivity index (χ1v) is 10.4. The van der Waals surface area contributed by atoms with Crippen LogP contribution in [-0.4, -0.2) is 26.5 Å². The summed E-state index contributed by atoms with van der Waals surface area (Å²) in [4.78, 5) is 16.7. The molecule has 0 unspecified atom stereocenters. The molecule has 4 rings (SSSR count). The number of nitrogens with zero attached hydrogens (tertiary/aromatic N) is 4. The largest absolute Gasteiger partial charge is 0.494 e. The quantitative estimate of drug-likeness (QED) is 0.367. The number of benzene rings is 2. The van der Waals surface area contributed by atoms with Crippen LogP contribution >= 0.6 is 11.6 Å². The van der Waals surface area contributed by atoms with Crippen LogP contribution in [0.5, 0.6) is 5.75 Å². The van der Waals surface area contributed by atoms with E-state index < -0.39 is 0 Å². The predicted octanol–water partition coefficient (Wildman–Crippen LogP) is 4.84. The van der Waals surface area contributed by atoms with Gasteiger partial charge in [-0.05, 0) is 48.9 Å². The molecule has 2 aromatic heterocycles. The molecule has 0 radical (unpaired) electrons.